The highest BCUT2D eigenvalue weighted by Gasteiger charge is 2.14. The fraction of sp³-hybridized carbons (Fsp3) is 0.615. The summed E-state index contributed by atoms with van der Waals surface area (Å²) in [6.45, 7) is 2.26. The second-order valence-electron chi connectivity index (χ2n) is 4.60. The van der Waals surface area contributed by atoms with Gasteiger partial charge in [-0.25, -0.2) is 0 Å². The topological polar surface area (TPSA) is 29.1 Å². The summed E-state index contributed by atoms with van der Waals surface area (Å²) < 4.78 is 0. The van der Waals surface area contributed by atoms with Crippen LogP contribution in [0.15, 0.2) is 16.8 Å². The van der Waals surface area contributed by atoms with E-state index in [0.29, 0.717) is 12.2 Å². The molecule has 2 rings (SSSR count). The molecule has 2 heterocycles. The van der Waals surface area contributed by atoms with E-state index < -0.39 is 0 Å². The molecule has 0 bridgehead atoms. The summed E-state index contributed by atoms with van der Waals surface area (Å²) >= 11 is 1.67. The maximum Gasteiger partial charge on any atom is 0.137 e. The molecule has 0 spiro atoms. The van der Waals surface area contributed by atoms with E-state index in [0.717, 1.165) is 31.8 Å². The highest BCUT2D eigenvalue weighted by atomic mass is 32.1. The number of hydrogen-bond donors (Lipinski definition) is 1. The van der Waals surface area contributed by atoms with Crippen LogP contribution in [0.3, 0.4) is 0 Å². The molecule has 88 valence electrons. The minimum atomic E-state index is 0.393. The van der Waals surface area contributed by atoms with Crippen LogP contribution in [-0.2, 0) is 11.2 Å². The number of thiophene rings is 1. The van der Waals surface area contributed by atoms with Crippen LogP contribution in [0.4, 0.5) is 0 Å². The molecule has 1 aromatic rings. The number of hydrogen-bond acceptors (Lipinski definition) is 3. The Bertz CT molecular complexity index is 315. The molecule has 0 aromatic carbocycles. The lowest BCUT2D eigenvalue weighted by molar-refractivity contribution is -0.118. The monoisotopic (exact) mass is 237 g/mol. The molecule has 1 aliphatic rings. The minimum Gasteiger partial charge on any atom is -0.316 e. The van der Waals surface area contributed by atoms with E-state index in [1.165, 1.54) is 18.4 Å². The Morgan fingerprint density at radius 3 is 3.19 bits per heavy atom. The number of ketones is 1. The zero-order chi connectivity index (χ0) is 11.2. The molecule has 3 heteroatoms. The SMILES string of the molecule is O=C(CCC1CCCNC1)Cc1ccsc1. The standard InChI is InChI=1S/C13H19NOS/c15-13(8-12-5-7-16-10-12)4-3-11-2-1-6-14-9-11/h5,7,10-11,14H,1-4,6,8-9H2. The third-order valence-electron chi connectivity index (χ3n) is 3.21. The van der Waals surface area contributed by atoms with Crippen molar-refractivity contribution in [3.63, 3.8) is 0 Å². The zero-order valence-electron chi connectivity index (χ0n) is 9.58. The van der Waals surface area contributed by atoms with Gasteiger partial charge in [0.1, 0.15) is 5.78 Å². The van der Waals surface area contributed by atoms with Gasteiger partial charge in [0.25, 0.3) is 0 Å². The lowest BCUT2D eigenvalue weighted by Gasteiger charge is -2.22. The van der Waals surface area contributed by atoms with Crippen molar-refractivity contribution < 1.29 is 4.79 Å². The summed E-state index contributed by atoms with van der Waals surface area (Å²) in [5, 5.41) is 7.50. The van der Waals surface area contributed by atoms with E-state index in [1.54, 1.807) is 11.3 Å². The molecule has 16 heavy (non-hydrogen) atoms. The van der Waals surface area contributed by atoms with Gasteiger partial charge in [0.2, 0.25) is 0 Å². The Kier molecular flexibility index (Phi) is 4.55. The van der Waals surface area contributed by atoms with E-state index in [1.807, 2.05) is 11.4 Å². The van der Waals surface area contributed by atoms with Crippen LogP contribution in [0.2, 0.25) is 0 Å². The van der Waals surface area contributed by atoms with Crippen molar-refractivity contribution in [2.24, 2.45) is 5.92 Å². The number of rotatable bonds is 5. The van der Waals surface area contributed by atoms with Gasteiger partial charge in [0.15, 0.2) is 0 Å². The first-order chi connectivity index (χ1) is 7.84. The van der Waals surface area contributed by atoms with Crippen LogP contribution in [0.5, 0.6) is 0 Å². The van der Waals surface area contributed by atoms with Crippen LogP contribution in [0.25, 0.3) is 0 Å². The molecular formula is C13H19NOS. The van der Waals surface area contributed by atoms with Crippen molar-refractivity contribution in [1.29, 1.82) is 0 Å². The Labute approximate surface area is 101 Å². The molecule has 0 aliphatic carbocycles. The number of carbonyl (C=O) groups is 1. The molecule has 1 aliphatic heterocycles. The fourth-order valence-corrected chi connectivity index (χ4v) is 2.91. The van der Waals surface area contributed by atoms with Crippen LogP contribution in [0, 0.1) is 5.92 Å². The molecular weight excluding hydrogens is 218 g/mol. The number of nitrogens with one attached hydrogen (secondary N) is 1. The summed E-state index contributed by atoms with van der Waals surface area (Å²) in [5.41, 5.74) is 1.18. The summed E-state index contributed by atoms with van der Waals surface area (Å²) in [4.78, 5) is 11.7. The Balaban J connectivity index is 1.67. The first kappa shape index (κ1) is 11.8. The van der Waals surface area contributed by atoms with Gasteiger partial charge in [-0.15, -0.1) is 0 Å². The van der Waals surface area contributed by atoms with Crippen LogP contribution in [-0.4, -0.2) is 18.9 Å². The van der Waals surface area contributed by atoms with Crippen LogP contribution in [0.1, 0.15) is 31.2 Å². The first-order valence-corrected chi connectivity index (χ1v) is 7.02. The van der Waals surface area contributed by atoms with E-state index in [2.05, 4.69) is 10.7 Å². The number of Topliss-reactive ketones (excluding diaryl/α,β-unsaturated/α-hetero) is 1. The van der Waals surface area contributed by atoms with Crippen molar-refractivity contribution in [1.82, 2.24) is 5.32 Å². The second-order valence-corrected chi connectivity index (χ2v) is 5.38. The van der Waals surface area contributed by atoms with E-state index in [4.69, 9.17) is 0 Å². The molecule has 0 saturated carbocycles. The van der Waals surface area contributed by atoms with Gasteiger partial charge in [-0.1, -0.05) is 0 Å². The van der Waals surface area contributed by atoms with Crippen molar-refractivity contribution in [3.05, 3.63) is 22.4 Å². The van der Waals surface area contributed by atoms with Crippen LogP contribution >= 0.6 is 11.3 Å². The van der Waals surface area contributed by atoms with Gasteiger partial charge in [0.05, 0.1) is 0 Å². The van der Waals surface area contributed by atoms with Gasteiger partial charge in [-0.05, 0) is 60.7 Å². The lowest BCUT2D eigenvalue weighted by atomic mass is 9.93. The van der Waals surface area contributed by atoms with E-state index in [9.17, 15) is 4.79 Å². The van der Waals surface area contributed by atoms with E-state index in [-0.39, 0.29) is 0 Å². The van der Waals surface area contributed by atoms with Gasteiger partial charge in [-0.3, -0.25) is 4.79 Å². The van der Waals surface area contributed by atoms with Crippen molar-refractivity contribution in [3.8, 4) is 0 Å². The van der Waals surface area contributed by atoms with E-state index >= 15 is 0 Å². The quantitative estimate of drug-likeness (QED) is 0.853. The summed E-state index contributed by atoms with van der Waals surface area (Å²) in [7, 11) is 0. The number of carbonyl (C=O) groups excluding carboxylic acids is 1. The molecule has 1 fully saturated rings. The molecule has 2 nitrogen and oxygen atoms in total. The van der Waals surface area contributed by atoms with Crippen molar-refractivity contribution >= 4 is 17.1 Å². The Hall–Kier alpha value is -0.670. The smallest absolute Gasteiger partial charge is 0.137 e. The maximum atomic E-state index is 11.7. The molecule has 1 saturated heterocycles. The highest BCUT2D eigenvalue weighted by Crippen LogP contribution is 2.17. The third kappa shape index (κ3) is 3.72. The molecule has 1 N–H and O–H groups in total. The second kappa shape index (κ2) is 6.16. The van der Waals surface area contributed by atoms with Gasteiger partial charge < -0.3 is 5.32 Å². The molecule has 1 aromatic heterocycles. The van der Waals surface area contributed by atoms with Gasteiger partial charge in [-0.2, -0.15) is 11.3 Å². The predicted octanol–water partition coefficient (Wildman–Crippen LogP) is 2.64. The highest BCUT2D eigenvalue weighted by molar-refractivity contribution is 7.07. The zero-order valence-corrected chi connectivity index (χ0v) is 10.4. The van der Waals surface area contributed by atoms with Gasteiger partial charge >= 0.3 is 0 Å². The minimum absolute atomic E-state index is 0.393. The number of piperidine rings is 1. The summed E-state index contributed by atoms with van der Waals surface area (Å²) in [6, 6.07) is 2.05. The van der Waals surface area contributed by atoms with Crippen molar-refractivity contribution in [2.45, 2.75) is 32.1 Å². The fourth-order valence-electron chi connectivity index (χ4n) is 2.24. The molecule has 1 unspecified atom stereocenters. The van der Waals surface area contributed by atoms with Crippen LogP contribution < -0.4 is 5.32 Å². The Morgan fingerprint density at radius 2 is 2.50 bits per heavy atom. The predicted molar refractivity (Wildman–Crippen MR) is 67.9 cm³/mol. The molecule has 0 radical (unpaired) electrons. The van der Waals surface area contributed by atoms with Crippen molar-refractivity contribution in [2.75, 3.05) is 13.1 Å². The largest absolute Gasteiger partial charge is 0.316 e. The van der Waals surface area contributed by atoms with Gasteiger partial charge in [0, 0.05) is 12.8 Å². The average Bonchev–Trinajstić information content (AvgIpc) is 2.81. The average molecular weight is 237 g/mol. The Morgan fingerprint density at radius 1 is 1.56 bits per heavy atom. The summed E-state index contributed by atoms with van der Waals surface area (Å²) in [6.07, 6.45) is 5.00. The summed E-state index contributed by atoms with van der Waals surface area (Å²) in [5.74, 6) is 1.11. The third-order valence-corrected chi connectivity index (χ3v) is 3.94. The molecule has 0 amide bonds. The maximum absolute atomic E-state index is 11.7. The first-order valence-electron chi connectivity index (χ1n) is 6.08. The lowest BCUT2D eigenvalue weighted by Crippen LogP contribution is -2.30. The molecule has 1 atom stereocenters. The normalized spacial score (nSPS) is 20.9.